The molecule has 1 aliphatic rings. The van der Waals surface area contributed by atoms with Crippen LogP contribution in [0.1, 0.15) is 27.0 Å². The van der Waals surface area contributed by atoms with Gasteiger partial charge in [-0.05, 0) is 41.7 Å². The van der Waals surface area contributed by atoms with Crippen LogP contribution in [0.3, 0.4) is 0 Å². The molecule has 0 fully saturated rings. The molecule has 0 saturated carbocycles. The van der Waals surface area contributed by atoms with Crippen LogP contribution >= 0.6 is 24.0 Å². The van der Waals surface area contributed by atoms with Crippen LogP contribution in [0.15, 0.2) is 53.5 Å². The molecule has 1 N–H and O–H groups in total. The third-order valence-electron chi connectivity index (χ3n) is 4.71. The van der Waals surface area contributed by atoms with E-state index in [0.717, 1.165) is 38.4 Å². The first-order chi connectivity index (χ1) is 12.7. The molecule has 0 bridgehead atoms. The van der Waals surface area contributed by atoms with Crippen molar-refractivity contribution in [2.24, 2.45) is 4.99 Å². The number of rotatable bonds is 4. The Kier molecular flexibility index (Phi) is 8.09. The van der Waals surface area contributed by atoms with Gasteiger partial charge in [0, 0.05) is 26.7 Å². The van der Waals surface area contributed by atoms with Crippen LogP contribution in [-0.4, -0.2) is 44.1 Å². The molecule has 0 aliphatic carbocycles. The number of methoxy groups -OCH3 is 1. The predicted octanol–water partition coefficient (Wildman–Crippen LogP) is 3.27. The lowest BCUT2D eigenvalue weighted by molar-refractivity contribution is 0.0600. The number of nitrogens with one attached hydrogen (secondary N) is 1. The van der Waals surface area contributed by atoms with Crippen LogP contribution < -0.4 is 5.32 Å². The van der Waals surface area contributed by atoms with Gasteiger partial charge in [0.15, 0.2) is 5.96 Å². The Bertz CT molecular complexity index is 790. The highest BCUT2D eigenvalue weighted by Crippen LogP contribution is 2.18. The van der Waals surface area contributed by atoms with Gasteiger partial charge in [0.25, 0.3) is 0 Å². The number of hydrogen-bond donors (Lipinski definition) is 1. The maximum atomic E-state index is 11.5. The molecule has 0 saturated heterocycles. The van der Waals surface area contributed by atoms with Gasteiger partial charge in [-0.1, -0.05) is 36.4 Å². The summed E-state index contributed by atoms with van der Waals surface area (Å²) in [7, 11) is 3.22. The maximum Gasteiger partial charge on any atom is 0.337 e. The van der Waals surface area contributed by atoms with E-state index in [1.54, 1.807) is 12.1 Å². The molecule has 27 heavy (non-hydrogen) atoms. The van der Waals surface area contributed by atoms with Gasteiger partial charge in [-0.25, -0.2) is 4.79 Å². The Balaban J connectivity index is 0.00000261. The van der Waals surface area contributed by atoms with Gasteiger partial charge in [0.2, 0.25) is 0 Å². The molecule has 0 radical (unpaired) electrons. The number of fused-ring (bicyclic) bond motifs is 1. The van der Waals surface area contributed by atoms with Gasteiger partial charge >= 0.3 is 5.97 Å². The molecule has 6 heteroatoms. The predicted molar refractivity (Wildman–Crippen MR) is 119 cm³/mol. The summed E-state index contributed by atoms with van der Waals surface area (Å²) < 4.78 is 4.72. The first-order valence-corrected chi connectivity index (χ1v) is 8.91. The quantitative estimate of drug-likeness (QED) is 0.317. The number of nitrogens with zero attached hydrogens (tertiary/aromatic N) is 2. The number of carbonyl (C=O) groups is 1. The molecule has 0 aromatic heterocycles. The van der Waals surface area contributed by atoms with Crippen molar-refractivity contribution in [3.63, 3.8) is 0 Å². The zero-order valence-corrected chi connectivity index (χ0v) is 18.1. The summed E-state index contributed by atoms with van der Waals surface area (Å²) in [6.45, 7) is 2.66. The van der Waals surface area contributed by atoms with Crippen LogP contribution in [0.4, 0.5) is 0 Å². The normalized spacial score (nSPS) is 13.4. The minimum absolute atomic E-state index is 0. The topological polar surface area (TPSA) is 53.9 Å². The lowest BCUT2D eigenvalue weighted by atomic mass is 10.0. The summed E-state index contributed by atoms with van der Waals surface area (Å²) in [6, 6.07) is 16.1. The molecule has 0 amide bonds. The highest BCUT2D eigenvalue weighted by atomic mass is 127. The number of ether oxygens (including phenoxy) is 1. The zero-order chi connectivity index (χ0) is 18.4. The molecule has 0 unspecified atom stereocenters. The molecular weight excluding hydrogens is 453 g/mol. The molecule has 0 atom stereocenters. The van der Waals surface area contributed by atoms with Gasteiger partial charge in [-0.3, -0.25) is 4.99 Å². The van der Waals surface area contributed by atoms with Gasteiger partial charge in [0.05, 0.1) is 12.7 Å². The van der Waals surface area contributed by atoms with E-state index in [9.17, 15) is 4.79 Å². The van der Waals surface area contributed by atoms with Crippen molar-refractivity contribution in [3.05, 3.63) is 70.8 Å². The second-order valence-electron chi connectivity index (χ2n) is 6.35. The van der Waals surface area contributed by atoms with E-state index >= 15 is 0 Å². The second kappa shape index (κ2) is 10.3. The van der Waals surface area contributed by atoms with Crippen molar-refractivity contribution in [1.82, 2.24) is 10.2 Å². The number of carbonyl (C=O) groups excluding carboxylic acids is 1. The van der Waals surface area contributed by atoms with E-state index in [0.29, 0.717) is 5.56 Å². The number of guanidine groups is 1. The number of esters is 1. The highest BCUT2D eigenvalue weighted by Gasteiger charge is 2.18. The van der Waals surface area contributed by atoms with Gasteiger partial charge in [-0.2, -0.15) is 0 Å². The smallest absolute Gasteiger partial charge is 0.337 e. The number of halogens is 1. The summed E-state index contributed by atoms with van der Waals surface area (Å²) in [6.07, 6.45) is 1.91. The van der Waals surface area contributed by atoms with E-state index in [1.165, 1.54) is 23.8 Å². The highest BCUT2D eigenvalue weighted by molar-refractivity contribution is 14.0. The average molecular weight is 479 g/mol. The SMILES string of the molecule is CN=C(NCCc1ccc(C(=O)OC)cc1)N1CCc2ccccc2C1.I. The Labute approximate surface area is 177 Å². The van der Waals surface area contributed by atoms with Crippen molar-refractivity contribution in [3.8, 4) is 0 Å². The Morgan fingerprint density at radius 2 is 1.85 bits per heavy atom. The molecule has 1 heterocycles. The Hall–Kier alpha value is -2.09. The third-order valence-corrected chi connectivity index (χ3v) is 4.71. The third kappa shape index (κ3) is 5.45. The van der Waals surface area contributed by atoms with Crippen LogP contribution in [0, 0.1) is 0 Å². The summed E-state index contributed by atoms with van der Waals surface area (Å²) in [5, 5.41) is 3.45. The molecule has 144 valence electrons. The molecule has 2 aromatic rings. The van der Waals surface area contributed by atoms with Crippen LogP contribution in [0.2, 0.25) is 0 Å². The molecule has 0 spiro atoms. The summed E-state index contributed by atoms with van der Waals surface area (Å²) in [5.41, 5.74) is 4.56. The van der Waals surface area contributed by atoms with Crippen LogP contribution in [0.25, 0.3) is 0 Å². The van der Waals surface area contributed by atoms with Crippen molar-refractivity contribution >= 4 is 35.9 Å². The van der Waals surface area contributed by atoms with Crippen LogP contribution in [0.5, 0.6) is 0 Å². The molecule has 2 aromatic carbocycles. The minimum Gasteiger partial charge on any atom is -0.465 e. The van der Waals surface area contributed by atoms with Crippen molar-refractivity contribution in [2.75, 3.05) is 27.2 Å². The second-order valence-corrected chi connectivity index (χ2v) is 6.35. The largest absolute Gasteiger partial charge is 0.465 e. The summed E-state index contributed by atoms with van der Waals surface area (Å²) in [4.78, 5) is 18.2. The fourth-order valence-electron chi connectivity index (χ4n) is 3.25. The van der Waals surface area contributed by atoms with E-state index in [-0.39, 0.29) is 29.9 Å². The van der Waals surface area contributed by atoms with E-state index in [1.807, 2.05) is 19.2 Å². The molecular formula is C21H26IN3O2. The van der Waals surface area contributed by atoms with E-state index in [4.69, 9.17) is 4.74 Å². The lowest BCUT2D eigenvalue weighted by Crippen LogP contribution is -2.44. The first-order valence-electron chi connectivity index (χ1n) is 8.91. The maximum absolute atomic E-state index is 11.5. The Morgan fingerprint density at radius 1 is 1.15 bits per heavy atom. The van der Waals surface area contributed by atoms with Gasteiger partial charge < -0.3 is 15.0 Å². The molecule has 1 aliphatic heterocycles. The average Bonchev–Trinajstić information content (AvgIpc) is 2.70. The van der Waals surface area contributed by atoms with Gasteiger partial charge in [0.1, 0.15) is 0 Å². The fraction of sp³-hybridized carbons (Fsp3) is 0.333. The summed E-state index contributed by atoms with van der Waals surface area (Å²) in [5.74, 6) is 0.631. The van der Waals surface area contributed by atoms with E-state index < -0.39 is 0 Å². The number of benzene rings is 2. The van der Waals surface area contributed by atoms with Gasteiger partial charge in [-0.15, -0.1) is 24.0 Å². The van der Waals surface area contributed by atoms with Crippen molar-refractivity contribution < 1.29 is 9.53 Å². The summed E-state index contributed by atoms with van der Waals surface area (Å²) >= 11 is 0. The van der Waals surface area contributed by atoms with Crippen molar-refractivity contribution in [2.45, 2.75) is 19.4 Å². The lowest BCUT2D eigenvalue weighted by Gasteiger charge is -2.31. The number of hydrogen-bond acceptors (Lipinski definition) is 3. The monoisotopic (exact) mass is 479 g/mol. The first kappa shape index (κ1) is 21.2. The standard InChI is InChI=1S/C21H25N3O2.HI/c1-22-21(24-14-12-17-5-3-4-6-19(17)15-24)23-13-11-16-7-9-18(10-8-16)20(25)26-2;/h3-10H,11-15H2,1-2H3,(H,22,23);1H. The van der Waals surface area contributed by atoms with E-state index in [2.05, 4.69) is 39.5 Å². The Morgan fingerprint density at radius 3 is 2.52 bits per heavy atom. The van der Waals surface area contributed by atoms with Crippen LogP contribution in [-0.2, 0) is 24.1 Å². The molecule has 5 nitrogen and oxygen atoms in total. The fourth-order valence-corrected chi connectivity index (χ4v) is 3.25. The molecule has 3 rings (SSSR count). The zero-order valence-electron chi connectivity index (χ0n) is 15.8. The minimum atomic E-state index is -0.305. The number of aliphatic imine (C=N–C) groups is 1. The van der Waals surface area contributed by atoms with Crippen molar-refractivity contribution in [1.29, 1.82) is 0 Å².